The average molecular weight is 377 g/mol. The first-order chi connectivity index (χ1) is 11.5. The van der Waals surface area contributed by atoms with Crippen molar-refractivity contribution in [2.24, 2.45) is 4.99 Å². The van der Waals surface area contributed by atoms with E-state index in [4.69, 9.17) is 23.2 Å². The zero-order valence-electron chi connectivity index (χ0n) is 12.8. The molecule has 3 rings (SSSR count). The van der Waals surface area contributed by atoms with Gasteiger partial charge in [-0.1, -0.05) is 54.4 Å². The van der Waals surface area contributed by atoms with Crippen LogP contribution in [-0.4, -0.2) is 11.1 Å². The molecular weight excluding hydrogens is 363 g/mol. The van der Waals surface area contributed by atoms with E-state index in [1.165, 1.54) is 17.3 Å². The van der Waals surface area contributed by atoms with Gasteiger partial charge in [-0.05, 0) is 53.6 Å². The molecule has 1 N–H and O–H groups in total. The Morgan fingerprint density at radius 1 is 1.17 bits per heavy atom. The van der Waals surface area contributed by atoms with Gasteiger partial charge in [-0.2, -0.15) is 0 Å². The van der Waals surface area contributed by atoms with E-state index in [9.17, 15) is 4.79 Å². The number of aryl methyl sites for hydroxylation is 1. The predicted molar refractivity (Wildman–Crippen MR) is 103 cm³/mol. The molecule has 2 aromatic rings. The highest BCUT2D eigenvalue weighted by molar-refractivity contribution is 8.18. The van der Waals surface area contributed by atoms with Crippen LogP contribution in [0.3, 0.4) is 0 Å². The van der Waals surface area contributed by atoms with Gasteiger partial charge in [0, 0.05) is 5.02 Å². The van der Waals surface area contributed by atoms with Gasteiger partial charge in [0.15, 0.2) is 5.17 Å². The molecule has 1 heterocycles. The Hall–Kier alpha value is -1.75. The van der Waals surface area contributed by atoms with Crippen LogP contribution in [-0.2, 0) is 11.2 Å². The Bertz CT molecular complexity index is 845. The van der Waals surface area contributed by atoms with Crippen LogP contribution in [0.1, 0.15) is 18.1 Å². The number of nitrogens with one attached hydrogen (secondary N) is 1. The Kier molecular flexibility index (Phi) is 5.29. The molecule has 0 bridgehead atoms. The third kappa shape index (κ3) is 4.01. The van der Waals surface area contributed by atoms with Crippen LogP contribution in [0, 0.1) is 0 Å². The second kappa shape index (κ2) is 7.43. The minimum atomic E-state index is -0.164. The van der Waals surface area contributed by atoms with Gasteiger partial charge in [0.25, 0.3) is 5.91 Å². The molecule has 6 heteroatoms. The van der Waals surface area contributed by atoms with Gasteiger partial charge in [-0.25, -0.2) is 4.99 Å². The second-order valence-electron chi connectivity index (χ2n) is 5.17. The number of amides is 1. The van der Waals surface area contributed by atoms with E-state index >= 15 is 0 Å². The minimum absolute atomic E-state index is 0.164. The molecule has 1 aliphatic rings. The number of carbonyl (C=O) groups is 1. The number of halogens is 2. The number of hydrogen-bond acceptors (Lipinski definition) is 3. The summed E-state index contributed by atoms with van der Waals surface area (Å²) in [4.78, 5) is 17.1. The molecule has 0 radical (unpaired) electrons. The Balaban J connectivity index is 1.82. The van der Waals surface area contributed by atoms with E-state index in [-0.39, 0.29) is 5.91 Å². The lowest BCUT2D eigenvalue weighted by Crippen LogP contribution is -2.19. The van der Waals surface area contributed by atoms with Gasteiger partial charge in [-0.15, -0.1) is 0 Å². The fourth-order valence-electron chi connectivity index (χ4n) is 2.16. The van der Waals surface area contributed by atoms with Crippen molar-refractivity contribution in [1.29, 1.82) is 0 Å². The van der Waals surface area contributed by atoms with Crippen molar-refractivity contribution in [2.45, 2.75) is 13.3 Å². The topological polar surface area (TPSA) is 41.5 Å². The van der Waals surface area contributed by atoms with Gasteiger partial charge in [0.1, 0.15) is 0 Å². The van der Waals surface area contributed by atoms with Gasteiger partial charge in [0.05, 0.1) is 15.6 Å². The standard InChI is InChI=1S/C18H14Cl2N2OS/c1-2-11-3-5-12(6-4-11)9-16-17(23)22-18(24-16)21-15-8-7-13(19)10-14(15)20/h3-10H,2H2,1H3,(H,21,22,23)/b16-9-. The molecule has 0 spiro atoms. The quantitative estimate of drug-likeness (QED) is 0.723. The molecule has 1 saturated heterocycles. The maximum Gasteiger partial charge on any atom is 0.264 e. The van der Waals surface area contributed by atoms with E-state index in [0.717, 1.165) is 12.0 Å². The number of amidine groups is 1. The Labute approximate surface area is 154 Å². The third-order valence-corrected chi connectivity index (χ3v) is 4.92. The Morgan fingerprint density at radius 2 is 1.92 bits per heavy atom. The Morgan fingerprint density at radius 3 is 2.58 bits per heavy atom. The first kappa shape index (κ1) is 17.1. The summed E-state index contributed by atoms with van der Waals surface area (Å²) in [7, 11) is 0. The molecule has 24 heavy (non-hydrogen) atoms. The molecule has 1 amide bonds. The molecule has 122 valence electrons. The number of benzene rings is 2. The fourth-order valence-corrected chi connectivity index (χ4v) is 3.45. The van der Waals surface area contributed by atoms with Crippen molar-refractivity contribution in [2.75, 3.05) is 0 Å². The largest absolute Gasteiger partial charge is 0.300 e. The summed E-state index contributed by atoms with van der Waals surface area (Å²) < 4.78 is 0. The summed E-state index contributed by atoms with van der Waals surface area (Å²) in [5, 5.41) is 4.24. The molecule has 0 aliphatic carbocycles. The summed E-state index contributed by atoms with van der Waals surface area (Å²) in [5.41, 5.74) is 2.81. The van der Waals surface area contributed by atoms with Crippen molar-refractivity contribution in [1.82, 2.24) is 5.32 Å². The third-order valence-electron chi connectivity index (χ3n) is 3.47. The van der Waals surface area contributed by atoms with Crippen LogP contribution >= 0.6 is 35.0 Å². The summed E-state index contributed by atoms with van der Waals surface area (Å²) in [5.74, 6) is -0.164. The monoisotopic (exact) mass is 376 g/mol. The van der Waals surface area contributed by atoms with Crippen LogP contribution < -0.4 is 5.32 Å². The van der Waals surface area contributed by atoms with E-state index in [1.807, 2.05) is 18.2 Å². The van der Waals surface area contributed by atoms with Gasteiger partial charge >= 0.3 is 0 Å². The van der Waals surface area contributed by atoms with Crippen molar-refractivity contribution in [3.05, 3.63) is 68.5 Å². The highest BCUT2D eigenvalue weighted by Gasteiger charge is 2.24. The van der Waals surface area contributed by atoms with Crippen molar-refractivity contribution in [3.63, 3.8) is 0 Å². The van der Waals surface area contributed by atoms with Crippen LogP contribution in [0.4, 0.5) is 5.69 Å². The molecule has 1 fully saturated rings. The molecule has 2 aromatic carbocycles. The van der Waals surface area contributed by atoms with Crippen molar-refractivity contribution >= 4 is 57.8 Å². The smallest absolute Gasteiger partial charge is 0.264 e. The second-order valence-corrected chi connectivity index (χ2v) is 7.05. The summed E-state index contributed by atoms with van der Waals surface area (Å²) in [6.45, 7) is 2.11. The van der Waals surface area contributed by atoms with E-state index in [1.54, 1.807) is 18.2 Å². The number of thioether (sulfide) groups is 1. The molecule has 0 atom stereocenters. The maximum absolute atomic E-state index is 12.1. The average Bonchev–Trinajstić information content (AvgIpc) is 2.90. The van der Waals surface area contributed by atoms with Crippen molar-refractivity contribution in [3.8, 4) is 0 Å². The number of carbonyl (C=O) groups excluding carboxylic acids is 1. The lowest BCUT2D eigenvalue weighted by Gasteiger charge is -2.00. The van der Waals surface area contributed by atoms with Gasteiger partial charge < -0.3 is 5.32 Å². The fraction of sp³-hybridized carbons (Fsp3) is 0.111. The van der Waals surface area contributed by atoms with E-state index in [2.05, 4.69) is 29.4 Å². The number of hydrogen-bond donors (Lipinski definition) is 1. The minimum Gasteiger partial charge on any atom is -0.300 e. The molecule has 0 aromatic heterocycles. The summed E-state index contributed by atoms with van der Waals surface area (Å²) in [6.07, 6.45) is 2.84. The maximum atomic E-state index is 12.1. The molecule has 1 aliphatic heterocycles. The zero-order chi connectivity index (χ0) is 17.1. The number of nitrogens with zero attached hydrogens (tertiary/aromatic N) is 1. The van der Waals surface area contributed by atoms with E-state index < -0.39 is 0 Å². The number of rotatable bonds is 3. The van der Waals surface area contributed by atoms with E-state index in [0.29, 0.717) is 25.8 Å². The first-order valence-corrected chi connectivity index (χ1v) is 8.96. The summed E-state index contributed by atoms with van der Waals surface area (Å²) in [6, 6.07) is 13.2. The van der Waals surface area contributed by atoms with Crippen LogP contribution in [0.25, 0.3) is 6.08 Å². The molecule has 0 unspecified atom stereocenters. The predicted octanol–water partition coefficient (Wildman–Crippen LogP) is 5.45. The zero-order valence-corrected chi connectivity index (χ0v) is 15.2. The lowest BCUT2D eigenvalue weighted by atomic mass is 10.1. The van der Waals surface area contributed by atoms with Crippen LogP contribution in [0.2, 0.25) is 10.0 Å². The highest BCUT2D eigenvalue weighted by Crippen LogP contribution is 2.32. The SMILES string of the molecule is CCc1ccc(/C=C2\SC(=Nc3ccc(Cl)cc3Cl)NC2=O)cc1. The number of aliphatic imine (C=N–C) groups is 1. The normalized spacial score (nSPS) is 17.5. The van der Waals surface area contributed by atoms with Crippen LogP contribution in [0.15, 0.2) is 52.4 Å². The van der Waals surface area contributed by atoms with Gasteiger partial charge in [-0.3, -0.25) is 4.79 Å². The molecule has 3 nitrogen and oxygen atoms in total. The lowest BCUT2D eigenvalue weighted by molar-refractivity contribution is -0.115. The van der Waals surface area contributed by atoms with Gasteiger partial charge in [0.2, 0.25) is 0 Å². The van der Waals surface area contributed by atoms with Crippen molar-refractivity contribution < 1.29 is 4.79 Å². The molecule has 0 saturated carbocycles. The van der Waals surface area contributed by atoms with Crippen LogP contribution in [0.5, 0.6) is 0 Å². The molecular formula is C18H14Cl2N2OS. The first-order valence-electron chi connectivity index (χ1n) is 7.38. The summed E-state index contributed by atoms with van der Waals surface area (Å²) >= 11 is 13.3. The highest BCUT2D eigenvalue weighted by atomic mass is 35.5.